The molecule has 2 N–H and O–H groups in total. The van der Waals surface area contributed by atoms with E-state index in [1.807, 2.05) is 13.0 Å². The molecule has 1 atom stereocenters. The van der Waals surface area contributed by atoms with Crippen molar-refractivity contribution in [1.29, 1.82) is 0 Å². The van der Waals surface area contributed by atoms with Crippen molar-refractivity contribution in [2.45, 2.75) is 13.0 Å². The third kappa shape index (κ3) is 1.89. The Morgan fingerprint density at radius 1 is 1.50 bits per heavy atom. The van der Waals surface area contributed by atoms with Gasteiger partial charge < -0.3 is 15.2 Å². The van der Waals surface area contributed by atoms with Crippen molar-refractivity contribution in [3.05, 3.63) is 29.3 Å². The first-order valence-corrected chi connectivity index (χ1v) is 4.88. The molecule has 0 saturated carbocycles. The Kier molecular flexibility index (Phi) is 2.70. The highest BCUT2D eigenvalue weighted by Gasteiger charge is 2.16. The van der Waals surface area contributed by atoms with Gasteiger partial charge in [0.15, 0.2) is 0 Å². The van der Waals surface area contributed by atoms with Crippen molar-refractivity contribution in [2.75, 3.05) is 19.8 Å². The van der Waals surface area contributed by atoms with Gasteiger partial charge in [0.25, 0.3) is 0 Å². The van der Waals surface area contributed by atoms with Crippen molar-refractivity contribution in [3.63, 3.8) is 0 Å². The summed E-state index contributed by atoms with van der Waals surface area (Å²) in [6.07, 6.45) is 0. The van der Waals surface area contributed by atoms with Crippen LogP contribution in [0.1, 0.15) is 17.2 Å². The summed E-state index contributed by atoms with van der Waals surface area (Å²) in [5.41, 5.74) is 2.32. The van der Waals surface area contributed by atoms with Crippen LogP contribution in [0, 0.1) is 6.92 Å². The van der Waals surface area contributed by atoms with Crippen LogP contribution in [-0.2, 0) is 4.74 Å². The number of ether oxygens (including phenoxy) is 1. The van der Waals surface area contributed by atoms with Crippen molar-refractivity contribution in [3.8, 4) is 5.75 Å². The number of phenolic OH excluding ortho intramolecular Hbond substituents is 1. The molecular formula is C11H15NO2. The quantitative estimate of drug-likeness (QED) is 0.707. The first-order valence-electron chi connectivity index (χ1n) is 4.88. The van der Waals surface area contributed by atoms with Gasteiger partial charge in [-0.3, -0.25) is 0 Å². The fourth-order valence-corrected chi connectivity index (χ4v) is 1.82. The SMILES string of the molecule is Cc1cc(O)ccc1[C@H]1COCCN1. The topological polar surface area (TPSA) is 41.5 Å². The molecule has 0 amide bonds. The van der Waals surface area contributed by atoms with Crippen LogP contribution in [0.4, 0.5) is 0 Å². The maximum Gasteiger partial charge on any atom is 0.115 e. The molecule has 0 radical (unpaired) electrons. The Morgan fingerprint density at radius 3 is 3.00 bits per heavy atom. The maximum absolute atomic E-state index is 9.28. The lowest BCUT2D eigenvalue weighted by molar-refractivity contribution is 0.0767. The molecule has 3 heteroatoms. The van der Waals surface area contributed by atoms with Crippen LogP contribution in [0.25, 0.3) is 0 Å². The predicted octanol–water partition coefficient (Wildman–Crippen LogP) is 1.36. The normalized spacial score (nSPS) is 22.2. The van der Waals surface area contributed by atoms with Crippen LogP contribution in [0.2, 0.25) is 0 Å². The minimum absolute atomic E-state index is 0.268. The van der Waals surface area contributed by atoms with Gasteiger partial charge in [0.2, 0.25) is 0 Å². The lowest BCUT2D eigenvalue weighted by atomic mass is 10.0. The van der Waals surface area contributed by atoms with Crippen molar-refractivity contribution >= 4 is 0 Å². The Hall–Kier alpha value is -1.06. The molecule has 0 bridgehead atoms. The minimum Gasteiger partial charge on any atom is -0.508 e. The molecule has 1 aliphatic rings. The standard InChI is InChI=1S/C11H15NO2/c1-8-6-9(13)2-3-10(8)11-7-14-5-4-12-11/h2-3,6,11-13H,4-5,7H2,1H3/t11-/m1/s1. The number of hydrogen-bond acceptors (Lipinski definition) is 3. The Labute approximate surface area is 83.7 Å². The maximum atomic E-state index is 9.28. The zero-order valence-electron chi connectivity index (χ0n) is 8.29. The molecule has 76 valence electrons. The summed E-state index contributed by atoms with van der Waals surface area (Å²) in [5.74, 6) is 0.322. The molecular weight excluding hydrogens is 178 g/mol. The molecule has 1 aromatic carbocycles. The van der Waals surface area contributed by atoms with Gasteiger partial charge in [-0.15, -0.1) is 0 Å². The number of benzene rings is 1. The first kappa shape index (κ1) is 9.49. The van der Waals surface area contributed by atoms with Gasteiger partial charge in [-0.25, -0.2) is 0 Å². The van der Waals surface area contributed by atoms with E-state index >= 15 is 0 Å². The second kappa shape index (κ2) is 3.98. The van der Waals surface area contributed by atoms with E-state index in [-0.39, 0.29) is 6.04 Å². The molecule has 3 nitrogen and oxygen atoms in total. The molecule has 0 aromatic heterocycles. The number of aromatic hydroxyl groups is 1. The molecule has 1 aliphatic heterocycles. The largest absolute Gasteiger partial charge is 0.508 e. The average molecular weight is 193 g/mol. The fourth-order valence-electron chi connectivity index (χ4n) is 1.82. The molecule has 1 aromatic rings. The fraction of sp³-hybridized carbons (Fsp3) is 0.455. The summed E-state index contributed by atoms with van der Waals surface area (Å²) < 4.78 is 5.40. The predicted molar refractivity (Wildman–Crippen MR) is 54.4 cm³/mol. The smallest absolute Gasteiger partial charge is 0.115 e. The lowest BCUT2D eigenvalue weighted by Gasteiger charge is -2.25. The first-order chi connectivity index (χ1) is 6.77. The molecule has 14 heavy (non-hydrogen) atoms. The van der Waals surface area contributed by atoms with E-state index in [1.54, 1.807) is 12.1 Å². The second-order valence-corrected chi connectivity index (χ2v) is 3.62. The second-order valence-electron chi connectivity index (χ2n) is 3.62. The summed E-state index contributed by atoms with van der Waals surface area (Å²) >= 11 is 0. The molecule has 1 fully saturated rings. The summed E-state index contributed by atoms with van der Waals surface area (Å²) in [6, 6.07) is 5.73. The van der Waals surface area contributed by atoms with E-state index in [0.717, 1.165) is 18.7 Å². The number of aryl methyl sites for hydroxylation is 1. The highest BCUT2D eigenvalue weighted by molar-refractivity contribution is 5.36. The van der Waals surface area contributed by atoms with E-state index < -0.39 is 0 Å². The van der Waals surface area contributed by atoms with Crippen LogP contribution in [0.3, 0.4) is 0 Å². The van der Waals surface area contributed by atoms with E-state index in [0.29, 0.717) is 12.4 Å². The zero-order chi connectivity index (χ0) is 9.97. The van der Waals surface area contributed by atoms with Gasteiger partial charge in [0.1, 0.15) is 5.75 Å². The Bertz CT molecular complexity index is 319. The highest BCUT2D eigenvalue weighted by atomic mass is 16.5. The molecule has 0 aliphatic carbocycles. The van der Waals surface area contributed by atoms with Crippen LogP contribution < -0.4 is 5.32 Å². The highest BCUT2D eigenvalue weighted by Crippen LogP contribution is 2.23. The molecule has 0 spiro atoms. The van der Waals surface area contributed by atoms with Crippen molar-refractivity contribution in [1.82, 2.24) is 5.32 Å². The summed E-state index contributed by atoms with van der Waals surface area (Å²) in [6.45, 7) is 4.40. The number of hydrogen-bond donors (Lipinski definition) is 2. The van der Waals surface area contributed by atoms with Crippen molar-refractivity contribution < 1.29 is 9.84 Å². The van der Waals surface area contributed by atoms with E-state index in [9.17, 15) is 5.11 Å². The number of phenols is 1. The molecule has 0 unspecified atom stereocenters. The van der Waals surface area contributed by atoms with Gasteiger partial charge in [0, 0.05) is 6.54 Å². The van der Waals surface area contributed by atoms with Gasteiger partial charge in [-0.1, -0.05) is 6.07 Å². The number of nitrogens with one attached hydrogen (secondary N) is 1. The van der Waals surface area contributed by atoms with E-state index in [4.69, 9.17) is 4.74 Å². The van der Waals surface area contributed by atoms with Crippen molar-refractivity contribution in [2.24, 2.45) is 0 Å². The molecule has 1 heterocycles. The minimum atomic E-state index is 0.268. The monoisotopic (exact) mass is 193 g/mol. The van der Waals surface area contributed by atoms with Gasteiger partial charge in [-0.2, -0.15) is 0 Å². The number of rotatable bonds is 1. The van der Waals surface area contributed by atoms with Crippen LogP contribution >= 0.6 is 0 Å². The lowest BCUT2D eigenvalue weighted by Crippen LogP contribution is -2.34. The van der Waals surface area contributed by atoms with Gasteiger partial charge >= 0.3 is 0 Å². The average Bonchev–Trinajstić information content (AvgIpc) is 2.19. The van der Waals surface area contributed by atoms with E-state index in [2.05, 4.69) is 5.32 Å². The van der Waals surface area contributed by atoms with Crippen LogP contribution in [0.5, 0.6) is 5.75 Å². The molecule has 1 saturated heterocycles. The summed E-state index contributed by atoms with van der Waals surface area (Å²) in [4.78, 5) is 0. The Balaban J connectivity index is 2.22. The van der Waals surface area contributed by atoms with E-state index in [1.165, 1.54) is 5.56 Å². The van der Waals surface area contributed by atoms with Crippen LogP contribution in [0.15, 0.2) is 18.2 Å². The van der Waals surface area contributed by atoms with Gasteiger partial charge in [-0.05, 0) is 30.2 Å². The zero-order valence-corrected chi connectivity index (χ0v) is 8.29. The van der Waals surface area contributed by atoms with Gasteiger partial charge in [0.05, 0.1) is 19.3 Å². The molecule has 2 rings (SSSR count). The third-order valence-electron chi connectivity index (χ3n) is 2.55. The van der Waals surface area contributed by atoms with Crippen LogP contribution in [-0.4, -0.2) is 24.9 Å². The summed E-state index contributed by atoms with van der Waals surface area (Å²) in [7, 11) is 0. The number of morpholine rings is 1. The Morgan fingerprint density at radius 2 is 2.36 bits per heavy atom. The summed E-state index contributed by atoms with van der Waals surface area (Å²) in [5, 5.41) is 12.7. The third-order valence-corrected chi connectivity index (χ3v) is 2.55.